The maximum absolute atomic E-state index is 13.3. The average Bonchev–Trinajstić information content (AvgIpc) is 3.10. The van der Waals surface area contributed by atoms with Crippen molar-refractivity contribution in [3.8, 4) is 0 Å². The van der Waals surface area contributed by atoms with Crippen LogP contribution >= 0.6 is 0 Å². The summed E-state index contributed by atoms with van der Waals surface area (Å²) in [7, 11) is 0. The van der Waals surface area contributed by atoms with Gasteiger partial charge >= 0.3 is 17.9 Å². The van der Waals surface area contributed by atoms with E-state index in [-0.39, 0.29) is 16.7 Å². The number of hydrogen-bond donors (Lipinski definition) is 5. The zero-order valence-corrected chi connectivity index (χ0v) is 24.8. The van der Waals surface area contributed by atoms with Crippen molar-refractivity contribution in [3.05, 3.63) is 108 Å². The summed E-state index contributed by atoms with van der Waals surface area (Å²) in [5, 5.41) is 51.4. The Bertz CT molecular complexity index is 1470. The fourth-order valence-electron chi connectivity index (χ4n) is 5.12. The van der Waals surface area contributed by atoms with Crippen molar-refractivity contribution in [1.82, 2.24) is 0 Å². The minimum Gasteiger partial charge on any atom is -0.452 e. The van der Waals surface area contributed by atoms with Crippen LogP contribution in [0.15, 0.2) is 91.0 Å². The topological polar surface area (TPSA) is 208 Å². The molecule has 0 spiro atoms. The molecule has 47 heavy (non-hydrogen) atoms. The highest BCUT2D eigenvalue weighted by Crippen LogP contribution is 2.31. The summed E-state index contributed by atoms with van der Waals surface area (Å²) >= 11 is 0. The molecular formula is C33H34O14. The molecule has 2 heterocycles. The molecule has 0 unspecified atom stereocenters. The van der Waals surface area contributed by atoms with E-state index in [0.717, 1.165) is 0 Å². The van der Waals surface area contributed by atoms with Crippen LogP contribution in [-0.4, -0.2) is 118 Å². The largest absolute Gasteiger partial charge is 0.452 e. The summed E-state index contributed by atoms with van der Waals surface area (Å²) in [6.45, 7) is -1.34. The minimum absolute atomic E-state index is 0.101. The Balaban J connectivity index is 1.47. The van der Waals surface area contributed by atoms with Gasteiger partial charge in [-0.1, -0.05) is 54.6 Å². The number of carbonyl (C=O) groups is 3. The van der Waals surface area contributed by atoms with Gasteiger partial charge in [-0.15, -0.1) is 0 Å². The summed E-state index contributed by atoms with van der Waals surface area (Å²) in [4.78, 5) is 39.8. The molecule has 5 rings (SSSR count). The molecule has 14 nitrogen and oxygen atoms in total. The second-order valence-electron chi connectivity index (χ2n) is 10.8. The van der Waals surface area contributed by atoms with Crippen LogP contribution in [0.2, 0.25) is 0 Å². The molecule has 2 saturated heterocycles. The molecule has 0 radical (unpaired) electrons. The number of aliphatic hydroxyl groups excluding tert-OH is 5. The predicted molar refractivity (Wildman–Crippen MR) is 158 cm³/mol. The lowest BCUT2D eigenvalue weighted by atomic mass is 9.97. The van der Waals surface area contributed by atoms with E-state index < -0.39 is 92.5 Å². The molecule has 2 aliphatic rings. The number of esters is 3. The quantitative estimate of drug-likeness (QED) is 0.146. The van der Waals surface area contributed by atoms with Gasteiger partial charge in [-0.05, 0) is 36.4 Å². The van der Waals surface area contributed by atoms with Gasteiger partial charge in [0.05, 0.1) is 29.9 Å². The number of rotatable bonds is 10. The first-order valence-electron chi connectivity index (χ1n) is 14.7. The van der Waals surface area contributed by atoms with Crippen molar-refractivity contribution >= 4 is 17.9 Å². The molecule has 0 bridgehead atoms. The Hall–Kier alpha value is -4.25. The highest BCUT2D eigenvalue weighted by Gasteiger charge is 2.53. The molecular weight excluding hydrogens is 620 g/mol. The van der Waals surface area contributed by atoms with Crippen molar-refractivity contribution in [2.45, 2.75) is 61.4 Å². The van der Waals surface area contributed by atoms with Crippen molar-refractivity contribution in [3.63, 3.8) is 0 Å². The molecule has 2 aliphatic heterocycles. The number of carbonyl (C=O) groups excluding carboxylic acids is 3. The monoisotopic (exact) mass is 654 g/mol. The lowest BCUT2D eigenvalue weighted by molar-refractivity contribution is -0.324. The number of benzene rings is 3. The van der Waals surface area contributed by atoms with E-state index in [9.17, 15) is 39.9 Å². The lowest BCUT2D eigenvalue weighted by Crippen LogP contribution is -2.63. The molecule has 0 aromatic heterocycles. The second kappa shape index (κ2) is 15.6. The lowest BCUT2D eigenvalue weighted by Gasteiger charge is -2.44. The smallest absolute Gasteiger partial charge is 0.338 e. The van der Waals surface area contributed by atoms with Gasteiger partial charge < -0.3 is 54.0 Å². The van der Waals surface area contributed by atoms with Crippen LogP contribution in [0.3, 0.4) is 0 Å². The molecule has 3 aromatic rings. The van der Waals surface area contributed by atoms with Gasteiger partial charge in [0, 0.05) is 0 Å². The van der Waals surface area contributed by atoms with Crippen molar-refractivity contribution in [1.29, 1.82) is 0 Å². The zero-order valence-electron chi connectivity index (χ0n) is 24.8. The third-order valence-corrected chi connectivity index (χ3v) is 7.64. The molecule has 14 heteroatoms. The van der Waals surface area contributed by atoms with E-state index in [0.29, 0.717) is 0 Å². The van der Waals surface area contributed by atoms with Gasteiger partial charge in [-0.3, -0.25) is 0 Å². The van der Waals surface area contributed by atoms with E-state index in [1.165, 1.54) is 36.4 Å². The van der Waals surface area contributed by atoms with E-state index in [1.807, 2.05) is 0 Å². The number of aliphatic hydroxyl groups is 5. The Labute approximate surface area is 268 Å². The first-order chi connectivity index (χ1) is 22.7. The molecule has 0 aliphatic carbocycles. The van der Waals surface area contributed by atoms with Crippen molar-refractivity contribution in [2.24, 2.45) is 0 Å². The highest BCUT2D eigenvalue weighted by molar-refractivity contribution is 5.91. The highest BCUT2D eigenvalue weighted by atomic mass is 16.7. The number of hydrogen-bond acceptors (Lipinski definition) is 14. The zero-order chi connectivity index (χ0) is 33.5. The normalized spacial score (nSPS) is 30.6. The maximum Gasteiger partial charge on any atom is 0.338 e. The Morgan fingerprint density at radius 2 is 1.00 bits per heavy atom. The fraction of sp³-hybridized carbons (Fsp3) is 0.364. The number of ether oxygens (including phenoxy) is 6. The van der Waals surface area contributed by atoms with E-state index in [2.05, 4.69) is 0 Å². The third-order valence-electron chi connectivity index (χ3n) is 7.64. The van der Waals surface area contributed by atoms with Crippen LogP contribution < -0.4 is 0 Å². The fourth-order valence-corrected chi connectivity index (χ4v) is 5.12. The van der Waals surface area contributed by atoms with E-state index in [1.54, 1.807) is 54.6 Å². The first kappa shape index (κ1) is 34.1. The standard InChI is InChI=1S/C33H34O14/c34-16-21-23(35)24(36)25(37)33(44-21)42-17-22-26(45-29(38)18-10-4-1-5-11-18)27(46-30(39)19-12-6-2-7-13-19)28(32(41)43-22)47-31(40)20-14-8-3-9-15-20/h1-15,21-28,32-37,41H,16-17H2/t21-,22-,23-,24+,25+,26-,27+,28+,32+,33+/m1/s1. The van der Waals surface area contributed by atoms with Crippen LogP contribution in [-0.2, 0) is 28.4 Å². The molecule has 10 atom stereocenters. The molecule has 0 amide bonds. The summed E-state index contributed by atoms with van der Waals surface area (Å²) < 4.78 is 33.9. The van der Waals surface area contributed by atoms with Crippen LogP contribution in [0.25, 0.3) is 0 Å². The molecule has 3 aromatic carbocycles. The molecule has 2 fully saturated rings. The first-order valence-corrected chi connectivity index (χ1v) is 14.7. The maximum atomic E-state index is 13.3. The molecule has 0 saturated carbocycles. The van der Waals surface area contributed by atoms with Crippen LogP contribution in [0.1, 0.15) is 31.1 Å². The Morgan fingerprint density at radius 3 is 1.47 bits per heavy atom. The predicted octanol–water partition coefficient (Wildman–Crippen LogP) is 0.197. The van der Waals surface area contributed by atoms with Gasteiger partial charge in [0.1, 0.15) is 30.5 Å². The average molecular weight is 655 g/mol. The van der Waals surface area contributed by atoms with Crippen LogP contribution in [0.5, 0.6) is 0 Å². The minimum atomic E-state index is -1.95. The second-order valence-corrected chi connectivity index (χ2v) is 10.8. The SMILES string of the molecule is O=C(O[C@@H]1[C@H](OC(=O)c2ccccc2)[C@@H](O)O[C@H](CO[C@H]2O[C@H](CO)[C@@H](O)[C@H](O)[C@@H]2O)[C@H]1OC(=O)c1ccccc1)c1ccccc1. The van der Waals surface area contributed by atoms with E-state index in [4.69, 9.17) is 28.4 Å². The summed E-state index contributed by atoms with van der Waals surface area (Å²) in [5.41, 5.74) is 0.320. The molecule has 5 N–H and O–H groups in total. The third kappa shape index (κ3) is 8.01. The Kier molecular flexibility index (Phi) is 11.3. The van der Waals surface area contributed by atoms with Gasteiger partial charge in [-0.2, -0.15) is 0 Å². The van der Waals surface area contributed by atoms with Gasteiger partial charge in [0.25, 0.3) is 0 Å². The Morgan fingerprint density at radius 1 is 0.553 bits per heavy atom. The summed E-state index contributed by atoms with van der Waals surface area (Å²) in [6, 6.07) is 23.4. The molecule has 250 valence electrons. The van der Waals surface area contributed by atoms with Gasteiger partial charge in [-0.25, -0.2) is 14.4 Å². The summed E-state index contributed by atoms with van der Waals surface area (Å²) in [5.74, 6) is -2.69. The van der Waals surface area contributed by atoms with Gasteiger partial charge in [0.15, 0.2) is 30.9 Å². The summed E-state index contributed by atoms with van der Waals surface area (Å²) in [6.07, 6.45) is -16.5. The van der Waals surface area contributed by atoms with E-state index >= 15 is 0 Å². The van der Waals surface area contributed by atoms with Crippen molar-refractivity contribution < 1.29 is 68.3 Å². The van der Waals surface area contributed by atoms with Crippen molar-refractivity contribution in [2.75, 3.05) is 13.2 Å². The van der Waals surface area contributed by atoms with Gasteiger partial charge in [0.2, 0.25) is 0 Å². The van der Waals surface area contributed by atoms with Crippen LogP contribution in [0, 0.1) is 0 Å². The van der Waals surface area contributed by atoms with Crippen LogP contribution in [0.4, 0.5) is 0 Å².